The predicted octanol–water partition coefficient (Wildman–Crippen LogP) is 3.52. The molecule has 2 heteroatoms. The summed E-state index contributed by atoms with van der Waals surface area (Å²) in [6.45, 7) is 13.6. The lowest BCUT2D eigenvalue weighted by molar-refractivity contribution is 0.333. The Morgan fingerprint density at radius 1 is 1.32 bits per heavy atom. The molecule has 0 aromatic heterocycles. The van der Waals surface area contributed by atoms with E-state index >= 15 is 0 Å². The van der Waals surface area contributed by atoms with Crippen molar-refractivity contribution in [3.8, 4) is 0 Å². The van der Waals surface area contributed by atoms with Gasteiger partial charge in [-0.15, -0.1) is 0 Å². The van der Waals surface area contributed by atoms with E-state index in [2.05, 4.69) is 63.0 Å². The fraction of sp³-hybridized carbons (Fsp3) is 0.647. The van der Waals surface area contributed by atoms with Crippen molar-refractivity contribution >= 4 is 5.69 Å². The molecular formula is C17H28N2. The van der Waals surface area contributed by atoms with Crippen molar-refractivity contribution in [1.82, 2.24) is 5.32 Å². The van der Waals surface area contributed by atoms with Crippen LogP contribution in [0.3, 0.4) is 0 Å². The topological polar surface area (TPSA) is 15.3 Å². The molecule has 0 amide bonds. The highest BCUT2D eigenvalue weighted by Gasteiger charge is 2.29. The SMILES string of the molecule is CCC1CN(c2ccc(C)cc2C)C(C(C)C)CN1. The van der Waals surface area contributed by atoms with Crippen molar-refractivity contribution in [1.29, 1.82) is 0 Å². The fourth-order valence-electron chi connectivity index (χ4n) is 3.11. The van der Waals surface area contributed by atoms with Gasteiger partial charge in [0.25, 0.3) is 0 Å². The van der Waals surface area contributed by atoms with E-state index in [1.165, 1.54) is 23.2 Å². The highest BCUT2D eigenvalue weighted by molar-refractivity contribution is 5.56. The summed E-state index contributed by atoms with van der Waals surface area (Å²) >= 11 is 0. The summed E-state index contributed by atoms with van der Waals surface area (Å²) in [6.07, 6.45) is 1.20. The average molecular weight is 260 g/mol. The van der Waals surface area contributed by atoms with Crippen LogP contribution in [-0.4, -0.2) is 25.2 Å². The summed E-state index contributed by atoms with van der Waals surface area (Å²) in [6, 6.07) is 8.07. The highest BCUT2D eigenvalue weighted by atomic mass is 15.2. The maximum atomic E-state index is 3.69. The van der Waals surface area contributed by atoms with Crippen LogP contribution in [0.15, 0.2) is 18.2 Å². The summed E-state index contributed by atoms with van der Waals surface area (Å²) in [4.78, 5) is 2.63. The maximum absolute atomic E-state index is 3.69. The van der Waals surface area contributed by atoms with Gasteiger partial charge < -0.3 is 10.2 Å². The molecule has 2 nitrogen and oxygen atoms in total. The normalized spacial score (nSPS) is 24.0. The van der Waals surface area contributed by atoms with Gasteiger partial charge in [0.2, 0.25) is 0 Å². The van der Waals surface area contributed by atoms with E-state index in [9.17, 15) is 0 Å². The van der Waals surface area contributed by atoms with Crippen LogP contribution in [0, 0.1) is 19.8 Å². The van der Waals surface area contributed by atoms with Crippen LogP contribution in [-0.2, 0) is 0 Å². The molecule has 19 heavy (non-hydrogen) atoms. The lowest BCUT2D eigenvalue weighted by Gasteiger charge is -2.44. The zero-order valence-corrected chi connectivity index (χ0v) is 13.0. The lowest BCUT2D eigenvalue weighted by Crippen LogP contribution is -2.58. The molecule has 106 valence electrons. The van der Waals surface area contributed by atoms with Gasteiger partial charge in [0.1, 0.15) is 0 Å². The number of aryl methyl sites for hydroxylation is 2. The van der Waals surface area contributed by atoms with E-state index in [1.807, 2.05) is 0 Å². The summed E-state index contributed by atoms with van der Waals surface area (Å²) < 4.78 is 0. The van der Waals surface area contributed by atoms with Gasteiger partial charge in [-0.25, -0.2) is 0 Å². The smallest absolute Gasteiger partial charge is 0.0438 e. The van der Waals surface area contributed by atoms with E-state index in [0.717, 1.165) is 13.1 Å². The minimum atomic E-state index is 0.601. The van der Waals surface area contributed by atoms with Crippen LogP contribution < -0.4 is 10.2 Å². The molecule has 1 N–H and O–H groups in total. The third-order valence-electron chi connectivity index (χ3n) is 4.36. The number of piperazine rings is 1. The van der Waals surface area contributed by atoms with Crippen LogP contribution in [0.4, 0.5) is 5.69 Å². The Labute approximate surface area is 118 Å². The van der Waals surface area contributed by atoms with Crippen molar-refractivity contribution in [3.05, 3.63) is 29.3 Å². The summed E-state index contributed by atoms with van der Waals surface area (Å²) in [5.41, 5.74) is 4.18. The molecule has 1 aliphatic heterocycles. The van der Waals surface area contributed by atoms with Crippen LogP contribution in [0.5, 0.6) is 0 Å². The number of anilines is 1. The average Bonchev–Trinajstić information content (AvgIpc) is 2.38. The molecule has 1 fully saturated rings. The quantitative estimate of drug-likeness (QED) is 0.894. The van der Waals surface area contributed by atoms with Gasteiger partial charge in [0.05, 0.1) is 0 Å². The maximum Gasteiger partial charge on any atom is 0.0438 e. The largest absolute Gasteiger partial charge is 0.365 e. The molecule has 0 saturated carbocycles. The zero-order chi connectivity index (χ0) is 14.0. The number of nitrogens with one attached hydrogen (secondary N) is 1. The molecule has 1 heterocycles. The first-order valence-electron chi connectivity index (χ1n) is 7.60. The number of hydrogen-bond acceptors (Lipinski definition) is 2. The van der Waals surface area contributed by atoms with E-state index in [4.69, 9.17) is 0 Å². The minimum Gasteiger partial charge on any atom is -0.365 e. The minimum absolute atomic E-state index is 0.601. The van der Waals surface area contributed by atoms with Crippen molar-refractivity contribution in [2.45, 2.75) is 53.1 Å². The van der Waals surface area contributed by atoms with Gasteiger partial charge in [-0.1, -0.05) is 38.5 Å². The third-order valence-corrected chi connectivity index (χ3v) is 4.36. The molecular weight excluding hydrogens is 232 g/mol. The van der Waals surface area contributed by atoms with Crippen molar-refractivity contribution in [2.75, 3.05) is 18.0 Å². The number of rotatable bonds is 3. The van der Waals surface area contributed by atoms with Crippen LogP contribution in [0.2, 0.25) is 0 Å². The first-order chi connectivity index (χ1) is 9.02. The van der Waals surface area contributed by atoms with E-state index in [-0.39, 0.29) is 0 Å². The molecule has 1 aliphatic rings. The van der Waals surface area contributed by atoms with E-state index < -0.39 is 0 Å². The standard InChI is InChI=1S/C17H28N2/c1-6-15-11-19(17(10-18-15)12(2)3)16-8-7-13(4)9-14(16)5/h7-9,12,15,17-18H,6,10-11H2,1-5H3. The molecule has 0 aliphatic carbocycles. The second-order valence-corrected chi connectivity index (χ2v) is 6.27. The monoisotopic (exact) mass is 260 g/mol. The second kappa shape index (κ2) is 5.96. The Hall–Kier alpha value is -1.02. The molecule has 1 aromatic rings. The van der Waals surface area contributed by atoms with Crippen molar-refractivity contribution in [2.24, 2.45) is 5.92 Å². The molecule has 2 atom stereocenters. The van der Waals surface area contributed by atoms with Gasteiger partial charge in [0, 0.05) is 30.9 Å². The Morgan fingerprint density at radius 3 is 2.63 bits per heavy atom. The zero-order valence-electron chi connectivity index (χ0n) is 13.0. The Balaban J connectivity index is 2.30. The number of hydrogen-bond donors (Lipinski definition) is 1. The number of benzene rings is 1. The molecule has 0 bridgehead atoms. The fourth-order valence-corrected chi connectivity index (χ4v) is 3.11. The Morgan fingerprint density at radius 2 is 2.05 bits per heavy atom. The van der Waals surface area contributed by atoms with Gasteiger partial charge in [-0.05, 0) is 37.8 Å². The predicted molar refractivity (Wildman–Crippen MR) is 84.0 cm³/mol. The highest BCUT2D eigenvalue weighted by Crippen LogP contribution is 2.28. The lowest BCUT2D eigenvalue weighted by atomic mass is 9.95. The van der Waals surface area contributed by atoms with E-state index in [0.29, 0.717) is 18.0 Å². The molecule has 2 unspecified atom stereocenters. The molecule has 1 aromatic carbocycles. The van der Waals surface area contributed by atoms with Gasteiger partial charge in [-0.2, -0.15) is 0 Å². The van der Waals surface area contributed by atoms with Crippen molar-refractivity contribution in [3.63, 3.8) is 0 Å². The first kappa shape index (κ1) is 14.4. The second-order valence-electron chi connectivity index (χ2n) is 6.27. The van der Waals surface area contributed by atoms with Crippen LogP contribution in [0.1, 0.15) is 38.3 Å². The summed E-state index contributed by atoms with van der Waals surface area (Å²) in [5, 5.41) is 3.69. The van der Waals surface area contributed by atoms with Crippen LogP contribution >= 0.6 is 0 Å². The van der Waals surface area contributed by atoms with Crippen molar-refractivity contribution < 1.29 is 0 Å². The molecule has 0 radical (unpaired) electrons. The summed E-state index contributed by atoms with van der Waals surface area (Å²) in [7, 11) is 0. The third kappa shape index (κ3) is 3.11. The van der Waals surface area contributed by atoms with Gasteiger partial charge in [-0.3, -0.25) is 0 Å². The molecule has 0 spiro atoms. The Bertz CT molecular complexity index is 425. The summed E-state index contributed by atoms with van der Waals surface area (Å²) in [5.74, 6) is 0.672. The Kier molecular flexibility index (Phi) is 4.51. The molecule has 2 rings (SSSR count). The van der Waals surface area contributed by atoms with E-state index in [1.54, 1.807) is 0 Å². The van der Waals surface area contributed by atoms with Gasteiger partial charge in [0.15, 0.2) is 0 Å². The number of nitrogens with zero attached hydrogens (tertiary/aromatic N) is 1. The van der Waals surface area contributed by atoms with Gasteiger partial charge >= 0.3 is 0 Å². The van der Waals surface area contributed by atoms with Crippen LogP contribution in [0.25, 0.3) is 0 Å². The first-order valence-corrected chi connectivity index (χ1v) is 7.60. The molecule has 1 saturated heterocycles.